The summed E-state index contributed by atoms with van der Waals surface area (Å²) in [6.45, 7) is 6.43. The number of aromatic nitrogens is 1. The van der Waals surface area contributed by atoms with Crippen LogP contribution in [0.5, 0.6) is 0 Å². The summed E-state index contributed by atoms with van der Waals surface area (Å²) in [6.07, 6.45) is 0. The Bertz CT molecular complexity index is 642. The maximum Gasteiger partial charge on any atom is 0.359 e. The van der Waals surface area contributed by atoms with Crippen molar-refractivity contribution in [3.63, 3.8) is 0 Å². The Kier molecular flexibility index (Phi) is 3.81. The number of thiazole rings is 1. The second-order valence-corrected chi connectivity index (χ2v) is 6.55. The van der Waals surface area contributed by atoms with Gasteiger partial charge in [0.2, 0.25) is 0 Å². The number of carbonyl (C=O) groups is 1. The van der Waals surface area contributed by atoms with Gasteiger partial charge in [-0.05, 0) is 11.0 Å². The molecule has 0 radical (unpaired) electrons. The molecule has 2 aromatic rings. The first-order valence-corrected chi connectivity index (χ1v) is 7.10. The van der Waals surface area contributed by atoms with E-state index in [9.17, 15) is 4.79 Å². The standard InChI is InChI=1S/C15H18N2O2S/c1-15(2,3)10-8-6-5-7-9(10)13-17-11(12(16)20-13)14(18)19-4/h5-8H,16H2,1-4H3. The molecule has 0 spiro atoms. The van der Waals surface area contributed by atoms with Crippen LogP contribution < -0.4 is 5.73 Å². The van der Waals surface area contributed by atoms with Gasteiger partial charge in [-0.2, -0.15) is 0 Å². The van der Waals surface area contributed by atoms with E-state index in [0.29, 0.717) is 5.00 Å². The number of benzene rings is 1. The van der Waals surface area contributed by atoms with Crippen molar-refractivity contribution in [2.24, 2.45) is 0 Å². The Labute approximate surface area is 122 Å². The Morgan fingerprint density at radius 2 is 1.95 bits per heavy atom. The molecule has 0 bridgehead atoms. The molecule has 0 amide bonds. The minimum absolute atomic E-state index is 0.0115. The summed E-state index contributed by atoms with van der Waals surface area (Å²) < 4.78 is 4.69. The van der Waals surface area contributed by atoms with Gasteiger partial charge in [-0.1, -0.05) is 56.4 Å². The van der Waals surface area contributed by atoms with Crippen molar-refractivity contribution in [2.45, 2.75) is 26.2 Å². The zero-order valence-corrected chi connectivity index (χ0v) is 12.9. The van der Waals surface area contributed by atoms with Crippen molar-refractivity contribution < 1.29 is 9.53 Å². The lowest BCUT2D eigenvalue weighted by Gasteiger charge is -2.21. The molecule has 106 valence electrons. The van der Waals surface area contributed by atoms with E-state index in [2.05, 4.69) is 36.6 Å². The van der Waals surface area contributed by atoms with Gasteiger partial charge in [-0.15, -0.1) is 0 Å². The summed E-state index contributed by atoms with van der Waals surface area (Å²) in [4.78, 5) is 15.9. The highest BCUT2D eigenvalue weighted by Crippen LogP contribution is 2.37. The van der Waals surface area contributed by atoms with E-state index < -0.39 is 5.97 Å². The molecule has 0 aliphatic rings. The summed E-state index contributed by atoms with van der Waals surface area (Å²) in [5.41, 5.74) is 8.23. The number of rotatable bonds is 2. The zero-order chi connectivity index (χ0) is 14.9. The van der Waals surface area contributed by atoms with E-state index in [0.717, 1.165) is 10.6 Å². The normalized spacial score (nSPS) is 11.4. The van der Waals surface area contributed by atoms with Crippen LogP contribution in [0.25, 0.3) is 10.6 Å². The van der Waals surface area contributed by atoms with Crippen molar-refractivity contribution in [3.8, 4) is 10.6 Å². The van der Waals surface area contributed by atoms with Gasteiger partial charge >= 0.3 is 5.97 Å². The number of nitrogens with two attached hydrogens (primary N) is 1. The van der Waals surface area contributed by atoms with Crippen LogP contribution in [0.2, 0.25) is 0 Å². The highest BCUT2D eigenvalue weighted by Gasteiger charge is 2.23. The molecule has 1 aromatic heterocycles. The maximum absolute atomic E-state index is 11.6. The van der Waals surface area contributed by atoms with Crippen LogP contribution in [0.1, 0.15) is 36.8 Å². The van der Waals surface area contributed by atoms with Crippen molar-refractivity contribution in [1.29, 1.82) is 0 Å². The number of hydrogen-bond donors (Lipinski definition) is 1. The second kappa shape index (κ2) is 5.25. The highest BCUT2D eigenvalue weighted by molar-refractivity contribution is 7.19. The number of anilines is 1. The van der Waals surface area contributed by atoms with E-state index in [-0.39, 0.29) is 11.1 Å². The van der Waals surface area contributed by atoms with Crippen LogP contribution in [0.3, 0.4) is 0 Å². The van der Waals surface area contributed by atoms with Gasteiger partial charge in [0.15, 0.2) is 5.69 Å². The second-order valence-electron chi connectivity index (χ2n) is 5.52. The topological polar surface area (TPSA) is 65.2 Å². The first-order valence-electron chi connectivity index (χ1n) is 6.29. The van der Waals surface area contributed by atoms with Crippen molar-refractivity contribution in [3.05, 3.63) is 35.5 Å². The van der Waals surface area contributed by atoms with E-state index in [1.807, 2.05) is 18.2 Å². The van der Waals surface area contributed by atoms with Gasteiger partial charge in [-0.3, -0.25) is 0 Å². The SMILES string of the molecule is COC(=O)c1nc(-c2ccccc2C(C)(C)C)sc1N. The molecule has 1 heterocycles. The Balaban J connectivity index is 2.56. The fourth-order valence-corrected chi connectivity index (χ4v) is 2.87. The lowest BCUT2D eigenvalue weighted by atomic mass is 9.84. The molecule has 0 fully saturated rings. The molecule has 5 heteroatoms. The van der Waals surface area contributed by atoms with Gasteiger partial charge in [0, 0.05) is 5.56 Å². The van der Waals surface area contributed by atoms with Gasteiger partial charge in [0.1, 0.15) is 10.0 Å². The number of methoxy groups -OCH3 is 1. The molecule has 20 heavy (non-hydrogen) atoms. The quantitative estimate of drug-likeness (QED) is 0.860. The Hall–Kier alpha value is -1.88. The van der Waals surface area contributed by atoms with Crippen molar-refractivity contribution in [1.82, 2.24) is 4.98 Å². The van der Waals surface area contributed by atoms with Gasteiger partial charge < -0.3 is 10.5 Å². The molecule has 0 aliphatic carbocycles. The maximum atomic E-state index is 11.6. The Morgan fingerprint density at radius 1 is 1.30 bits per heavy atom. The first-order chi connectivity index (χ1) is 9.34. The highest BCUT2D eigenvalue weighted by atomic mass is 32.1. The molecule has 0 saturated carbocycles. The van der Waals surface area contributed by atoms with Crippen LogP contribution in [0.15, 0.2) is 24.3 Å². The number of carbonyl (C=O) groups excluding carboxylic acids is 1. The molecule has 2 N–H and O–H groups in total. The number of ether oxygens (including phenoxy) is 1. The minimum Gasteiger partial charge on any atom is -0.464 e. The number of nitrogens with zero attached hydrogens (tertiary/aromatic N) is 1. The fraction of sp³-hybridized carbons (Fsp3) is 0.333. The van der Waals surface area contributed by atoms with Gasteiger partial charge in [0.25, 0.3) is 0 Å². The summed E-state index contributed by atoms with van der Waals surface area (Å²) in [5, 5.41) is 1.13. The smallest absolute Gasteiger partial charge is 0.359 e. The summed E-state index contributed by atoms with van der Waals surface area (Å²) in [5.74, 6) is -0.502. The lowest BCUT2D eigenvalue weighted by Crippen LogP contribution is -2.12. The third-order valence-electron chi connectivity index (χ3n) is 3.00. The van der Waals surface area contributed by atoms with E-state index >= 15 is 0 Å². The average molecular weight is 290 g/mol. The predicted octanol–water partition coefficient (Wildman–Crippen LogP) is 3.48. The summed E-state index contributed by atoms with van der Waals surface area (Å²) in [6, 6.07) is 8.03. The first kappa shape index (κ1) is 14.5. The van der Waals surface area contributed by atoms with Crippen LogP contribution in [-0.2, 0) is 10.2 Å². The zero-order valence-electron chi connectivity index (χ0n) is 12.1. The third kappa shape index (κ3) is 2.67. The van der Waals surface area contributed by atoms with E-state index in [1.54, 1.807) is 0 Å². The largest absolute Gasteiger partial charge is 0.464 e. The van der Waals surface area contributed by atoms with Gasteiger partial charge in [0.05, 0.1) is 7.11 Å². The summed E-state index contributed by atoms with van der Waals surface area (Å²) in [7, 11) is 1.32. The molecule has 2 rings (SSSR count). The van der Waals surface area contributed by atoms with Crippen molar-refractivity contribution >= 4 is 22.3 Å². The Morgan fingerprint density at radius 3 is 2.55 bits per heavy atom. The number of nitrogen functional groups attached to an aromatic ring is 1. The number of hydrogen-bond acceptors (Lipinski definition) is 5. The lowest BCUT2D eigenvalue weighted by molar-refractivity contribution is 0.0596. The van der Waals surface area contributed by atoms with Gasteiger partial charge in [-0.25, -0.2) is 9.78 Å². The molecule has 0 aliphatic heterocycles. The fourth-order valence-electron chi connectivity index (χ4n) is 2.01. The molecule has 0 unspecified atom stereocenters. The van der Waals surface area contributed by atoms with E-state index in [4.69, 9.17) is 5.73 Å². The monoisotopic (exact) mass is 290 g/mol. The number of esters is 1. The van der Waals surface area contributed by atoms with Crippen LogP contribution in [-0.4, -0.2) is 18.1 Å². The van der Waals surface area contributed by atoms with Crippen LogP contribution in [0.4, 0.5) is 5.00 Å². The molecule has 4 nitrogen and oxygen atoms in total. The minimum atomic E-state index is -0.502. The molecular formula is C15H18N2O2S. The molecule has 1 aromatic carbocycles. The third-order valence-corrected chi connectivity index (χ3v) is 3.92. The average Bonchev–Trinajstić information content (AvgIpc) is 2.79. The summed E-state index contributed by atoms with van der Waals surface area (Å²) >= 11 is 1.31. The van der Waals surface area contributed by atoms with Crippen LogP contribution in [0, 0.1) is 0 Å². The van der Waals surface area contributed by atoms with Crippen LogP contribution >= 0.6 is 11.3 Å². The molecule has 0 saturated heterocycles. The predicted molar refractivity (Wildman–Crippen MR) is 82.0 cm³/mol. The molecule has 0 atom stereocenters. The molecular weight excluding hydrogens is 272 g/mol. The van der Waals surface area contributed by atoms with E-state index in [1.165, 1.54) is 24.0 Å². The van der Waals surface area contributed by atoms with Crippen molar-refractivity contribution in [2.75, 3.05) is 12.8 Å².